The predicted octanol–water partition coefficient (Wildman–Crippen LogP) is 3.34. The molecular formula is C16H25NO2S. The quantitative estimate of drug-likeness (QED) is 0.654. The molecule has 1 atom stereocenters. The van der Waals surface area contributed by atoms with Crippen molar-refractivity contribution in [2.24, 2.45) is 0 Å². The van der Waals surface area contributed by atoms with E-state index in [0.29, 0.717) is 24.0 Å². The maximum absolute atomic E-state index is 11.5. The van der Waals surface area contributed by atoms with Crippen molar-refractivity contribution < 1.29 is 9.53 Å². The van der Waals surface area contributed by atoms with Crippen molar-refractivity contribution in [1.82, 2.24) is 4.90 Å². The number of para-hydroxylation sites is 1. The van der Waals surface area contributed by atoms with Crippen LogP contribution in [-0.2, 0) is 0 Å². The molecule has 1 unspecified atom stereocenters. The van der Waals surface area contributed by atoms with E-state index in [-0.39, 0.29) is 5.78 Å². The molecule has 0 aromatic heterocycles. The predicted molar refractivity (Wildman–Crippen MR) is 87.0 cm³/mol. The molecule has 0 aliphatic rings. The number of benzene rings is 1. The smallest absolute Gasteiger partial charge is 0.163 e. The summed E-state index contributed by atoms with van der Waals surface area (Å²) < 4.78 is 5.77. The number of carbonyl (C=O) groups excluding carboxylic acids is 1. The van der Waals surface area contributed by atoms with Crippen LogP contribution in [0.25, 0.3) is 0 Å². The lowest BCUT2D eigenvalue weighted by atomic mass is 10.1. The van der Waals surface area contributed by atoms with Crippen LogP contribution in [0.3, 0.4) is 0 Å². The Hall–Kier alpha value is -1.00. The zero-order valence-corrected chi connectivity index (χ0v) is 13.7. The van der Waals surface area contributed by atoms with Gasteiger partial charge < -0.3 is 4.74 Å². The Bertz CT molecular complexity index is 423. The lowest BCUT2D eigenvalue weighted by Crippen LogP contribution is -2.36. The van der Waals surface area contributed by atoms with Crippen LogP contribution in [0.2, 0.25) is 0 Å². The Morgan fingerprint density at radius 3 is 2.70 bits per heavy atom. The highest BCUT2D eigenvalue weighted by molar-refractivity contribution is 7.98. The fourth-order valence-corrected chi connectivity index (χ4v) is 2.99. The van der Waals surface area contributed by atoms with E-state index in [0.717, 1.165) is 18.7 Å². The first-order valence-corrected chi connectivity index (χ1v) is 8.41. The van der Waals surface area contributed by atoms with Gasteiger partial charge in [0.2, 0.25) is 0 Å². The Kier molecular flexibility index (Phi) is 7.70. The Labute approximate surface area is 126 Å². The molecule has 3 nitrogen and oxygen atoms in total. The summed E-state index contributed by atoms with van der Waals surface area (Å²) in [6, 6.07) is 8.01. The zero-order valence-electron chi connectivity index (χ0n) is 12.9. The first-order chi connectivity index (χ1) is 9.60. The number of hydrogen-bond acceptors (Lipinski definition) is 4. The molecule has 0 bridgehead atoms. The Morgan fingerprint density at radius 2 is 2.10 bits per heavy atom. The third kappa shape index (κ3) is 5.17. The fraction of sp³-hybridized carbons (Fsp3) is 0.562. The second kappa shape index (κ2) is 9.03. The topological polar surface area (TPSA) is 29.5 Å². The lowest BCUT2D eigenvalue weighted by Gasteiger charge is -2.26. The van der Waals surface area contributed by atoms with Crippen LogP contribution < -0.4 is 4.74 Å². The molecule has 0 N–H and O–H groups in total. The van der Waals surface area contributed by atoms with Gasteiger partial charge in [-0.3, -0.25) is 9.69 Å². The molecule has 1 rings (SSSR count). The number of rotatable bonds is 9. The average Bonchev–Trinajstić information content (AvgIpc) is 2.44. The summed E-state index contributed by atoms with van der Waals surface area (Å²) >= 11 is 1.87. The third-order valence-electron chi connectivity index (χ3n) is 3.42. The van der Waals surface area contributed by atoms with Gasteiger partial charge in [-0.1, -0.05) is 19.1 Å². The van der Waals surface area contributed by atoms with E-state index >= 15 is 0 Å². The number of carbonyl (C=O) groups is 1. The minimum absolute atomic E-state index is 0.0442. The number of ketones is 1. The summed E-state index contributed by atoms with van der Waals surface area (Å²) in [5.41, 5.74) is 0.659. The number of nitrogens with zero attached hydrogens (tertiary/aromatic N) is 1. The van der Waals surface area contributed by atoms with E-state index in [1.807, 2.05) is 36.0 Å². The van der Waals surface area contributed by atoms with Gasteiger partial charge in [-0.2, -0.15) is 11.8 Å². The second-order valence-corrected chi connectivity index (χ2v) is 5.81. The number of Topliss-reactive ketones (excluding diaryl/α,β-unsaturated/α-hetero) is 1. The minimum atomic E-state index is 0.0442. The van der Waals surface area contributed by atoms with Crippen LogP contribution in [0.1, 0.15) is 30.6 Å². The van der Waals surface area contributed by atoms with Crippen LogP contribution in [0.4, 0.5) is 0 Å². The number of ether oxygens (including phenoxy) is 1. The van der Waals surface area contributed by atoms with Gasteiger partial charge >= 0.3 is 0 Å². The molecule has 0 heterocycles. The zero-order chi connectivity index (χ0) is 15.0. The molecule has 1 aromatic carbocycles. The highest BCUT2D eigenvalue weighted by atomic mass is 32.2. The first-order valence-electron chi connectivity index (χ1n) is 7.02. The standard InChI is InChI=1S/C16H25NO2S/c1-5-14(12-20-4)17(3)10-11-19-16-9-7-6-8-15(16)13(2)18/h6-9,14H,5,10-12H2,1-4H3. The Balaban J connectivity index is 2.50. The van der Waals surface area contributed by atoms with E-state index in [9.17, 15) is 4.79 Å². The van der Waals surface area contributed by atoms with Crippen molar-refractivity contribution in [3.63, 3.8) is 0 Å². The van der Waals surface area contributed by atoms with E-state index in [1.165, 1.54) is 0 Å². The number of thioether (sulfide) groups is 1. The molecule has 0 radical (unpaired) electrons. The monoisotopic (exact) mass is 295 g/mol. The highest BCUT2D eigenvalue weighted by Gasteiger charge is 2.12. The molecule has 20 heavy (non-hydrogen) atoms. The fourth-order valence-electron chi connectivity index (χ4n) is 2.11. The average molecular weight is 295 g/mol. The van der Waals surface area contributed by atoms with Crippen LogP contribution >= 0.6 is 11.8 Å². The summed E-state index contributed by atoms with van der Waals surface area (Å²) in [6.07, 6.45) is 3.28. The molecule has 0 saturated carbocycles. The molecule has 0 saturated heterocycles. The highest BCUT2D eigenvalue weighted by Crippen LogP contribution is 2.18. The molecule has 0 fully saturated rings. The summed E-state index contributed by atoms with van der Waals surface area (Å²) in [4.78, 5) is 13.8. The summed E-state index contributed by atoms with van der Waals surface area (Å²) in [5.74, 6) is 1.87. The van der Waals surface area contributed by atoms with Crippen molar-refractivity contribution in [1.29, 1.82) is 0 Å². The van der Waals surface area contributed by atoms with Gasteiger partial charge in [0.25, 0.3) is 0 Å². The van der Waals surface area contributed by atoms with Crippen LogP contribution in [0.15, 0.2) is 24.3 Å². The van der Waals surface area contributed by atoms with Crippen LogP contribution in [0.5, 0.6) is 5.75 Å². The number of likely N-dealkylation sites (N-methyl/N-ethyl adjacent to an activating group) is 1. The van der Waals surface area contributed by atoms with Crippen molar-refractivity contribution >= 4 is 17.5 Å². The molecule has 0 spiro atoms. The molecule has 112 valence electrons. The SMILES string of the molecule is CCC(CSC)N(C)CCOc1ccccc1C(C)=O. The largest absolute Gasteiger partial charge is 0.491 e. The normalized spacial score (nSPS) is 12.4. The molecule has 0 aliphatic carbocycles. The molecule has 0 amide bonds. The van der Waals surface area contributed by atoms with E-state index in [1.54, 1.807) is 6.92 Å². The van der Waals surface area contributed by atoms with Gasteiger partial charge in [-0.15, -0.1) is 0 Å². The van der Waals surface area contributed by atoms with Crippen molar-refractivity contribution in [2.45, 2.75) is 26.3 Å². The van der Waals surface area contributed by atoms with Crippen molar-refractivity contribution in [3.05, 3.63) is 29.8 Å². The maximum atomic E-state index is 11.5. The van der Waals surface area contributed by atoms with Gasteiger partial charge in [0.1, 0.15) is 12.4 Å². The minimum Gasteiger partial charge on any atom is -0.491 e. The molecule has 0 aliphatic heterocycles. The summed E-state index contributed by atoms with van der Waals surface area (Å²) in [7, 11) is 2.13. The van der Waals surface area contributed by atoms with Gasteiger partial charge in [-0.05, 0) is 38.8 Å². The van der Waals surface area contributed by atoms with E-state index in [4.69, 9.17) is 4.74 Å². The summed E-state index contributed by atoms with van der Waals surface area (Å²) in [5, 5.41) is 0. The molecule has 1 aromatic rings. The number of hydrogen-bond donors (Lipinski definition) is 0. The Morgan fingerprint density at radius 1 is 1.40 bits per heavy atom. The molecule has 4 heteroatoms. The van der Waals surface area contributed by atoms with E-state index in [2.05, 4.69) is 25.1 Å². The van der Waals surface area contributed by atoms with Gasteiger partial charge in [0.15, 0.2) is 5.78 Å². The van der Waals surface area contributed by atoms with Crippen LogP contribution in [-0.4, -0.2) is 48.9 Å². The van der Waals surface area contributed by atoms with Gasteiger partial charge in [-0.25, -0.2) is 0 Å². The third-order valence-corrected chi connectivity index (χ3v) is 4.14. The summed E-state index contributed by atoms with van der Waals surface area (Å²) in [6.45, 7) is 5.25. The van der Waals surface area contributed by atoms with Gasteiger partial charge in [0.05, 0.1) is 5.56 Å². The second-order valence-electron chi connectivity index (χ2n) is 4.90. The van der Waals surface area contributed by atoms with Crippen molar-refractivity contribution in [2.75, 3.05) is 32.2 Å². The van der Waals surface area contributed by atoms with Gasteiger partial charge in [0, 0.05) is 18.3 Å². The van der Waals surface area contributed by atoms with Crippen LogP contribution in [0, 0.1) is 0 Å². The maximum Gasteiger partial charge on any atom is 0.163 e. The first kappa shape index (κ1) is 17.1. The lowest BCUT2D eigenvalue weighted by molar-refractivity contribution is 0.101. The van der Waals surface area contributed by atoms with Crippen molar-refractivity contribution in [3.8, 4) is 5.75 Å². The molecular weight excluding hydrogens is 270 g/mol. The van der Waals surface area contributed by atoms with E-state index < -0.39 is 0 Å².